The number of halogens is 1. The molecule has 0 bridgehead atoms. The number of benzene rings is 3. The highest BCUT2D eigenvalue weighted by Crippen LogP contribution is 2.25. The molecule has 3 aromatic carbocycles. The Bertz CT molecular complexity index is 1330. The van der Waals surface area contributed by atoms with Crippen molar-refractivity contribution in [2.45, 2.75) is 57.6 Å². The molecule has 38 heavy (non-hydrogen) atoms. The van der Waals surface area contributed by atoms with Crippen molar-refractivity contribution in [1.29, 1.82) is 0 Å². The highest BCUT2D eigenvalue weighted by atomic mass is 79.9. The fourth-order valence-corrected chi connectivity index (χ4v) is 5.62. The smallest absolute Gasteiger partial charge is 0.264 e. The number of rotatable bonds is 11. The molecule has 0 aliphatic heterocycles. The number of aryl methyl sites for hydroxylation is 1. The lowest BCUT2D eigenvalue weighted by Gasteiger charge is -2.32. The molecular formula is C29H34BrN3O4S. The summed E-state index contributed by atoms with van der Waals surface area (Å²) in [6.07, 6.45) is 0.800. The van der Waals surface area contributed by atoms with E-state index in [-0.39, 0.29) is 23.4 Å². The molecule has 0 spiro atoms. The molecule has 0 fully saturated rings. The fourth-order valence-electron chi connectivity index (χ4n) is 3.92. The van der Waals surface area contributed by atoms with Crippen LogP contribution in [0.25, 0.3) is 0 Å². The maximum Gasteiger partial charge on any atom is 0.264 e. The van der Waals surface area contributed by atoms with E-state index in [1.54, 1.807) is 37.3 Å². The Balaban J connectivity index is 2.01. The summed E-state index contributed by atoms with van der Waals surface area (Å²) in [4.78, 5) is 28.3. The van der Waals surface area contributed by atoms with E-state index in [0.29, 0.717) is 5.69 Å². The summed E-state index contributed by atoms with van der Waals surface area (Å²) in [6, 6.07) is 21.7. The van der Waals surface area contributed by atoms with Crippen LogP contribution >= 0.6 is 15.9 Å². The van der Waals surface area contributed by atoms with Crippen LogP contribution in [0.1, 0.15) is 38.8 Å². The molecule has 0 radical (unpaired) electrons. The zero-order valence-electron chi connectivity index (χ0n) is 22.1. The second kappa shape index (κ2) is 13.1. The van der Waals surface area contributed by atoms with E-state index in [4.69, 9.17) is 0 Å². The van der Waals surface area contributed by atoms with Crippen molar-refractivity contribution in [2.75, 3.05) is 10.8 Å². The molecule has 0 aliphatic carbocycles. The maximum absolute atomic E-state index is 13.9. The van der Waals surface area contributed by atoms with E-state index >= 15 is 0 Å². The van der Waals surface area contributed by atoms with Crippen LogP contribution in [-0.2, 0) is 32.6 Å². The van der Waals surface area contributed by atoms with E-state index in [2.05, 4.69) is 21.2 Å². The Labute approximate surface area is 234 Å². The number of hydrogen-bond donors (Lipinski definition) is 1. The Morgan fingerprint density at radius 2 is 1.45 bits per heavy atom. The number of carbonyl (C=O) groups is 2. The third-order valence-electron chi connectivity index (χ3n) is 6.11. The fraction of sp³-hybridized carbons (Fsp3) is 0.310. The zero-order chi connectivity index (χ0) is 27.9. The van der Waals surface area contributed by atoms with E-state index in [1.807, 2.05) is 57.2 Å². The molecular weight excluding hydrogens is 566 g/mol. The second-order valence-electron chi connectivity index (χ2n) is 9.33. The van der Waals surface area contributed by atoms with Gasteiger partial charge >= 0.3 is 0 Å². The van der Waals surface area contributed by atoms with E-state index in [9.17, 15) is 18.0 Å². The van der Waals surface area contributed by atoms with Crippen molar-refractivity contribution in [1.82, 2.24) is 10.2 Å². The van der Waals surface area contributed by atoms with Crippen molar-refractivity contribution in [3.8, 4) is 0 Å². The van der Waals surface area contributed by atoms with Gasteiger partial charge in [-0.25, -0.2) is 8.42 Å². The number of hydrogen-bond acceptors (Lipinski definition) is 4. The van der Waals surface area contributed by atoms with Gasteiger partial charge in [-0.1, -0.05) is 65.3 Å². The van der Waals surface area contributed by atoms with E-state index in [0.717, 1.165) is 26.3 Å². The lowest BCUT2D eigenvalue weighted by Crippen LogP contribution is -2.52. The van der Waals surface area contributed by atoms with Gasteiger partial charge in [-0.2, -0.15) is 0 Å². The zero-order valence-corrected chi connectivity index (χ0v) is 24.5. The summed E-state index contributed by atoms with van der Waals surface area (Å²) in [5.74, 6) is -0.798. The van der Waals surface area contributed by atoms with Crippen molar-refractivity contribution >= 4 is 43.5 Å². The van der Waals surface area contributed by atoms with Gasteiger partial charge in [-0.05, 0) is 74.7 Å². The predicted molar refractivity (Wildman–Crippen MR) is 154 cm³/mol. The Kier molecular flexibility index (Phi) is 10.1. The molecule has 3 rings (SSSR count). The molecule has 0 saturated heterocycles. The average Bonchev–Trinajstić information content (AvgIpc) is 2.91. The van der Waals surface area contributed by atoms with Crippen LogP contribution in [0.3, 0.4) is 0 Å². The molecule has 0 aliphatic rings. The minimum absolute atomic E-state index is 0.0810. The normalized spacial score (nSPS) is 12.2. The van der Waals surface area contributed by atoms with Gasteiger partial charge in [0.1, 0.15) is 12.6 Å². The molecule has 3 aromatic rings. The quantitative estimate of drug-likeness (QED) is 0.330. The van der Waals surface area contributed by atoms with Gasteiger partial charge in [-0.3, -0.25) is 13.9 Å². The van der Waals surface area contributed by atoms with Crippen molar-refractivity contribution in [2.24, 2.45) is 0 Å². The highest BCUT2D eigenvalue weighted by molar-refractivity contribution is 9.10. The molecule has 0 heterocycles. The number of nitrogens with one attached hydrogen (secondary N) is 1. The Hall–Kier alpha value is -3.17. The largest absolute Gasteiger partial charge is 0.352 e. The van der Waals surface area contributed by atoms with Crippen molar-refractivity contribution in [3.05, 3.63) is 94.5 Å². The van der Waals surface area contributed by atoms with Crippen LogP contribution < -0.4 is 9.62 Å². The number of amides is 2. The lowest BCUT2D eigenvalue weighted by atomic mass is 10.1. The number of carbonyl (C=O) groups excluding carboxylic acids is 2. The first kappa shape index (κ1) is 29.4. The second-order valence-corrected chi connectivity index (χ2v) is 12.1. The van der Waals surface area contributed by atoms with Crippen LogP contribution in [0.2, 0.25) is 0 Å². The Morgan fingerprint density at radius 1 is 0.868 bits per heavy atom. The summed E-state index contributed by atoms with van der Waals surface area (Å²) in [7, 11) is -4.07. The van der Waals surface area contributed by atoms with Crippen LogP contribution in [0, 0.1) is 0 Å². The van der Waals surface area contributed by atoms with Crippen LogP contribution in [0.15, 0.2) is 88.2 Å². The summed E-state index contributed by atoms with van der Waals surface area (Å²) < 4.78 is 29.5. The molecule has 1 atom stereocenters. The molecule has 0 unspecified atom stereocenters. The van der Waals surface area contributed by atoms with Crippen molar-refractivity contribution in [3.63, 3.8) is 0 Å². The van der Waals surface area contributed by atoms with Gasteiger partial charge in [0, 0.05) is 17.1 Å². The molecule has 0 saturated carbocycles. The summed E-state index contributed by atoms with van der Waals surface area (Å²) in [5, 5.41) is 2.85. The van der Waals surface area contributed by atoms with Crippen LogP contribution in [0.5, 0.6) is 0 Å². The standard InChI is InChI=1S/C29H34BrN3O4S/c1-5-23-13-17-26(18-14-23)33(38(36,37)27-9-7-6-8-10-27)20-28(34)32(22(4)29(35)31-21(2)3)19-24-11-15-25(30)16-12-24/h6-18,21-22H,5,19-20H2,1-4H3,(H,31,35)/t22-/m0/s1. The summed E-state index contributed by atoms with van der Waals surface area (Å²) in [5.41, 5.74) is 2.24. The highest BCUT2D eigenvalue weighted by Gasteiger charge is 2.32. The molecule has 7 nitrogen and oxygen atoms in total. The first-order valence-corrected chi connectivity index (χ1v) is 14.8. The minimum atomic E-state index is -4.07. The lowest BCUT2D eigenvalue weighted by molar-refractivity contribution is -0.139. The van der Waals surface area contributed by atoms with E-state index < -0.39 is 28.5 Å². The Morgan fingerprint density at radius 3 is 2.00 bits per heavy atom. The maximum atomic E-state index is 13.9. The topological polar surface area (TPSA) is 86.8 Å². The number of anilines is 1. The van der Waals surface area contributed by atoms with Gasteiger partial charge in [0.05, 0.1) is 10.6 Å². The summed E-state index contributed by atoms with van der Waals surface area (Å²) in [6.45, 7) is 7.05. The summed E-state index contributed by atoms with van der Waals surface area (Å²) >= 11 is 3.41. The third kappa shape index (κ3) is 7.45. The van der Waals surface area contributed by atoms with E-state index in [1.165, 1.54) is 17.0 Å². The average molecular weight is 601 g/mol. The SMILES string of the molecule is CCc1ccc(N(CC(=O)N(Cc2ccc(Br)cc2)[C@@H](C)C(=O)NC(C)C)S(=O)(=O)c2ccccc2)cc1. The van der Waals surface area contributed by atoms with Gasteiger partial charge in [0.2, 0.25) is 11.8 Å². The van der Waals surface area contributed by atoms with Gasteiger partial charge in [0.25, 0.3) is 10.0 Å². The number of nitrogens with zero attached hydrogens (tertiary/aromatic N) is 2. The van der Waals surface area contributed by atoms with Crippen LogP contribution in [0.4, 0.5) is 5.69 Å². The molecule has 9 heteroatoms. The first-order valence-electron chi connectivity index (χ1n) is 12.5. The first-order chi connectivity index (χ1) is 18.0. The number of sulfonamides is 1. The molecule has 0 aromatic heterocycles. The van der Waals surface area contributed by atoms with Gasteiger partial charge in [0.15, 0.2) is 0 Å². The van der Waals surface area contributed by atoms with Crippen LogP contribution in [-0.4, -0.2) is 43.8 Å². The molecule has 202 valence electrons. The monoisotopic (exact) mass is 599 g/mol. The predicted octanol–water partition coefficient (Wildman–Crippen LogP) is 5.15. The minimum Gasteiger partial charge on any atom is -0.352 e. The molecule has 2 amide bonds. The van der Waals surface area contributed by atoms with Gasteiger partial charge < -0.3 is 10.2 Å². The van der Waals surface area contributed by atoms with Crippen molar-refractivity contribution < 1.29 is 18.0 Å². The third-order valence-corrected chi connectivity index (χ3v) is 8.42. The molecule has 1 N–H and O–H groups in total. The van der Waals surface area contributed by atoms with Gasteiger partial charge in [-0.15, -0.1) is 0 Å².